The molecule has 2 N–H and O–H groups in total. The van der Waals surface area contributed by atoms with E-state index >= 15 is 0 Å². The van der Waals surface area contributed by atoms with Crippen molar-refractivity contribution in [2.75, 3.05) is 13.2 Å². The van der Waals surface area contributed by atoms with Gasteiger partial charge in [0, 0.05) is 28.7 Å². The molecule has 0 bridgehead atoms. The molecular weight excluding hydrogens is 290 g/mol. The molecule has 0 unspecified atom stereocenters. The Hall–Kier alpha value is -1.30. The lowest BCUT2D eigenvalue weighted by Gasteiger charge is -2.09. The third-order valence-electron chi connectivity index (χ3n) is 2.70. The van der Waals surface area contributed by atoms with Crippen molar-refractivity contribution in [2.24, 2.45) is 0 Å². The van der Waals surface area contributed by atoms with E-state index in [-0.39, 0.29) is 12.5 Å². The summed E-state index contributed by atoms with van der Waals surface area (Å²) in [6.45, 7) is 0.592. The second-order valence-electron chi connectivity index (χ2n) is 4.20. The molecule has 2 aromatic rings. The number of thioether (sulfide) groups is 1. The molecule has 0 spiro atoms. The molecule has 0 aliphatic carbocycles. The maximum absolute atomic E-state index is 12.1. The van der Waals surface area contributed by atoms with E-state index in [0.29, 0.717) is 18.5 Å². The van der Waals surface area contributed by atoms with Gasteiger partial charge in [-0.05, 0) is 30.0 Å². The van der Waals surface area contributed by atoms with Crippen LogP contribution in [0.5, 0.6) is 0 Å². The highest BCUT2D eigenvalue weighted by molar-refractivity contribution is 7.98. The number of benzene rings is 1. The van der Waals surface area contributed by atoms with Crippen LogP contribution < -0.4 is 5.32 Å². The van der Waals surface area contributed by atoms with E-state index in [1.807, 2.05) is 30.3 Å². The van der Waals surface area contributed by atoms with Crippen LogP contribution >= 0.6 is 23.1 Å². The minimum atomic E-state index is -0.0762. The second kappa shape index (κ2) is 8.09. The summed E-state index contributed by atoms with van der Waals surface area (Å²) in [7, 11) is 0. The first-order valence-corrected chi connectivity index (χ1v) is 8.31. The molecule has 20 heavy (non-hydrogen) atoms. The molecular formula is C15H17NO2S2. The zero-order valence-corrected chi connectivity index (χ0v) is 12.7. The number of thiophene rings is 1. The van der Waals surface area contributed by atoms with Crippen LogP contribution in [0.25, 0.3) is 0 Å². The standard InChI is InChI=1S/C15H17NO2S2/c17-9-4-8-16-15(18)13-6-1-2-7-14(13)20-11-12-5-3-10-19-12/h1-3,5-7,10,17H,4,8-9,11H2,(H,16,18). The van der Waals surface area contributed by atoms with Gasteiger partial charge in [-0.2, -0.15) is 0 Å². The topological polar surface area (TPSA) is 49.3 Å². The average molecular weight is 307 g/mol. The van der Waals surface area contributed by atoms with Crippen molar-refractivity contribution in [3.05, 3.63) is 52.2 Å². The molecule has 0 saturated heterocycles. The van der Waals surface area contributed by atoms with Crippen LogP contribution in [0.15, 0.2) is 46.7 Å². The molecule has 0 aliphatic heterocycles. The monoisotopic (exact) mass is 307 g/mol. The summed E-state index contributed by atoms with van der Waals surface area (Å²) < 4.78 is 0. The molecule has 3 nitrogen and oxygen atoms in total. The molecule has 1 amide bonds. The number of hydrogen-bond donors (Lipinski definition) is 2. The fourth-order valence-corrected chi connectivity index (χ4v) is 3.52. The van der Waals surface area contributed by atoms with E-state index in [4.69, 9.17) is 5.11 Å². The fourth-order valence-electron chi connectivity index (χ4n) is 1.70. The maximum atomic E-state index is 12.1. The summed E-state index contributed by atoms with van der Waals surface area (Å²) in [5, 5.41) is 13.6. The lowest BCUT2D eigenvalue weighted by molar-refractivity contribution is 0.0948. The number of aliphatic hydroxyl groups excluding tert-OH is 1. The van der Waals surface area contributed by atoms with E-state index in [0.717, 1.165) is 10.6 Å². The lowest BCUT2D eigenvalue weighted by atomic mass is 10.2. The predicted octanol–water partition coefficient (Wildman–Crippen LogP) is 3.15. The Morgan fingerprint density at radius 3 is 2.85 bits per heavy atom. The number of aliphatic hydroxyl groups is 1. The van der Waals surface area contributed by atoms with Gasteiger partial charge in [-0.1, -0.05) is 18.2 Å². The van der Waals surface area contributed by atoms with Gasteiger partial charge in [-0.25, -0.2) is 0 Å². The van der Waals surface area contributed by atoms with Crippen molar-refractivity contribution in [1.82, 2.24) is 5.32 Å². The molecule has 1 aromatic heterocycles. The van der Waals surface area contributed by atoms with Crippen molar-refractivity contribution in [3.8, 4) is 0 Å². The zero-order chi connectivity index (χ0) is 14.2. The molecule has 0 atom stereocenters. The second-order valence-corrected chi connectivity index (χ2v) is 6.25. The van der Waals surface area contributed by atoms with Crippen LogP contribution in [0.2, 0.25) is 0 Å². The van der Waals surface area contributed by atoms with E-state index in [9.17, 15) is 4.79 Å². The number of hydrogen-bond acceptors (Lipinski definition) is 4. The number of amides is 1. The number of carbonyl (C=O) groups excluding carboxylic acids is 1. The summed E-state index contributed by atoms with van der Waals surface area (Å²) in [5.74, 6) is 0.797. The average Bonchev–Trinajstić information content (AvgIpc) is 2.99. The highest BCUT2D eigenvalue weighted by Gasteiger charge is 2.10. The summed E-state index contributed by atoms with van der Waals surface area (Å²) in [6, 6.07) is 11.8. The van der Waals surface area contributed by atoms with Gasteiger partial charge < -0.3 is 10.4 Å². The number of rotatable bonds is 7. The van der Waals surface area contributed by atoms with Crippen molar-refractivity contribution in [1.29, 1.82) is 0 Å². The van der Waals surface area contributed by atoms with Crippen molar-refractivity contribution in [3.63, 3.8) is 0 Å². The molecule has 0 aliphatic rings. The highest BCUT2D eigenvalue weighted by atomic mass is 32.2. The van der Waals surface area contributed by atoms with Gasteiger partial charge in [-0.15, -0.1) is 23.1 Å². The third-order valence-corrected chi connectivity index (χ3v) is 4.88. The summed E-state index contributed by atoms with van der Waals surface area (Å²) >= 11 is 3.40. The molecule has 0 saturated carbocycles. The van der Waals surface area contributed by atoms with Gasteiger partial charge in [0.25, 0.3) is 5.91 Å². The summed E-state index contributed by atoms with van der Waals surface area (Å²) in [6.07, 6.45) is 0.580. The van der Waals surface area contributed by atoms with Crippen LogP contribution in [0.4, 0.5) is 0 Å². The van der Waals surface area contributed by atoms with Crippen molar-refractivity contribution >= 4 is 29.0 Å². The fraction of sp³-hybridized carbons (Fsp3) is 0.267. The first-order chi connectivity index (χ1) is 9.81. The van der Waals surface area contributed by atoms with Crippen LogP contribution in [0.3, 0.4) is 0 Å². The smallest absolute Gasteiger partial charge is 0.252 e. The zero-order valence-electron chi connectivity index (χ0n) is 11.0. The highest BCUT2D eigenvalue weighted by Crippen LogP contribution is 2.27. The van der Waals surface area contributed by atoms with Crippen molar-refractivity contribution in [2.45, 2.75) is 17.1 Å². The summed E-state index contributed by atoms with van der Waals surface area (Å²) in [4.78, 5) is 14.4. The molecule has 0 radical (unpaired) electrons. The Labute approximate surface area is 127 Å². The molecule has 5 heteroatoms. The quantitative estimate of drug-likeness (QED) is 0.610. The normalized spacial score (nSPS) is 10.4. The largest absolute Gasteiger partial charge is 0.396 e. The Bertz CT molecular complexity index is 541. The maximum Gasteiger partial charge on any atom is 0.252 e. The Morgan fingerprint density at radius 2 is 2.10 bits per heavy atom. The van der Waals surface area contributed by atoms with Gasteiger partial charge in [0.05, 0.1) is 5.56 Å². The number of nitrogens with one attached hydrogen (secondary N) is 1. The Balaban J connectivity index is 1.99. The summed E-state index contributed by atoms with van der Waals surface area (Å²) in [5.41, 5.74) is 0.701. The van der Waals surface area contributed by atoms with E-state index in [2.05, 4.69) is 16.8 Å². The van der Waals surface area contributed by atoms with E-state index in [1.165, 1.54) is 4.88 Å². The first-order valence-electron chi connectivity index (χ1n) is 6.44. The van der Waals surface area contributed by atoms with E-state index < -0.39 is 0 Å². The van der Waals surface area contributed by atoms with Crippen LogP contribution in [-0.4, -0.2) is 24.2 Å². The first kappa shape index (κ1) is 15.1. The van der Waals surface area contributed by atoms with Crippen molar-refractivity contribution < 1.29 is 9.90 Å². The van der Waals surface area contributed by atoms with Gasteiger partial charge in [0.1, 0.15) is 0 Å². The SMILES string of the molecule is O=C(NCCCO)c1ccccc1SCc1cccs1. The molecule has 0 fully saturated rings. The van der Waals surface area contributed by atoms with Crippen LogP contribution in [-0.2, 0) is 5.75 Å². The Morgan fingerprint density at radius 1 is 1.25 bits per heavy atom. The van der Waals surface area contributed by atoms with Crippen LogP contribution in [0, 0.1) is 0 Å². The molecule has 106 valence electrons. The Kier molecular flexibility index (Phi) is 6.11. The molecule has 1 aromatic carbocycles. The van der Waals surface area contributed by atoms with Crippen LogP contribution in [0.1, 0.15) is 21.7 Å². The van der Waals surface area contributed by atoms with Gasteiger partial charge in [-0.3, -0.25) is 4.79 Å². The van der Waals surface area contributed by atoms with Gasteiger partial charge in [0.15, 0.2) is 0 Å². The minimum absolute atomic E-state index is 0.0762. The predicted molar refractivity (Wildman–Crippen MR) is 84.4 cm³/mol. The third kappa shape index (κ3) is 4.37. The minimum Gasteiger partial charge on any atom is -0.396 e. The van der Waals surface area contributed by atoms with E-state index in [1.54, 1.807) is 23.1 Å². The lowest BCUT2D eigenvalue weighted by Crippen LogP contribution is -2.25. The number of carbonyl (C=O) groups is 1. The molecule has 2 rings (SSSR count). The van der Waals surface area contributed by atoms with Gasteiger partial charge >= 0.3 is 0 Å². The van der Waals surface area contributed by atoms with Gasteiger partial charge in [0.2, 0.25) is 0 Å². The molecule has 1 heterocycles.